The molecule has 0 spiro atoms. The SMILES string of the molecule is Cc1ncc(C(=O)Nc2nnnn2C)s1. The van der Waals surface area contributed by atoms with Gasteiger partial charge in [0.2, 0.25) is 5.95 Å². The molecule has 0 aliphatic carbocycles. The quantitative estimate of drug-likeness (QED) is 0.789. The Bertz CT molecular complexity index is 489. The third kappa shape index (κ3) is 1.99. The summed E-state index contributed by atoms with van der Waals surface area (Å²) in [7, 11) is 1.65. The molecule has 0 saturated heterocycles. The Labute approximate surface area is 89.1 Å². The van der Waals surface area contributed by atoms with Gasteiger partial charge < -0.3 is 0 Å². The number of anilines is 1. The van der Waals surface area contributed by atoms with Gasteiger partial charge >= 0.3 is 0 Å². The fraction of sp³-hybridized carbons (Fsp3) is 0.286. The molecule has 1 amide bonds. The van der Waals surface area contributed by atoms with E-state index >= 15 is 0 Å². The summed E-state index contributed by atoms with van der Waals surface area (Å²) in [6.07, 6.45) is 1.53. The van der Waals surface area contributed by atoms with E-state index in [1.54, 1.807) is 7.05 Å². The molecule has 2 heterocycles. The van der Waals surface area contributed by atoms with Gasteiger partial charge in [0.15, 0.2) is 0 Å². The van der Waals surface area contributed by atoms with Crippen molar-refractivity contribution in [2.24, 2.45) is 7.05 Å². The number of carbonyl (C=O) groups is 1. The number of thiazole rings is 1. The largest absolute Gasteiger partial charge is 0.288 e. The Morgan fingerprint density at radius 3 is 2.93 bits per heavy atom. The van der Waals surface area contributed by atoms with E-state index in [2.05, 4.69) is 25.8 Å². The Hall–Kier alpha value is -1.83. The molecule has 8 heteroatoms. The first-order valence-corrected chi connectivity index (χ1v) is 4.94. The van der Waals surface area contributed by atoms with E-state index in [0.29, 0.717) is 10.8 Å². The fourth-order valence-corrected chi connectivity index (χ4v) is 1.64. The molecule has 0 aliphatic rings. The van der Waals surface area contributed by atoms with Crippen LogP contribution in [0.25, 0.3) is 0 Å². The van der Waals surface area contributed by atoms with Crippen LogP contribution in [0.1, 0.15) is 14.7 Å². The number of hydrogen-bond acceptors (Lipinski definition) is 6. The molecule has 2 aromatic heterocycles. The van der Waals surface area contributed by atoms with Crippen LogP contribution in [-0.2, 0) is 7.05 Å². The van der Waals surface area contributed by atoms with Crippen LogP contribution in [0.15, 0.2) is 6.20 Å². The van der Waals surface area contributed by atoms with E-state index in [-0.39, 0.29) is 5.91 Å². The zero-order valence-electron chi connectivity index (χ0n) is 8.13. The predicted octanol–water partition coefficient (Wildman–Crippen LogP) is 0.227. The Kier molecular flexibility index (Phi) is 2.42. The molecule has 15 heavy (non-hydrogen) atoms. The van der Waals surface area contributed by atoms with Crippen molar-refractivity contribution in [2.45, 2.75) is 6.92 Å². The van der Waals surface area contributed by atoms with Gasteiger partial charge in [0.25, 0.3) is 5.91 Å². The lowest BCUT2D eigenvalue weighted by atomic mass is 10.5. The number of carbonyl (C=O) groups excluding carboxylic acids is 1. The number of aromatic nitrogens is 5. The van der Waals surface area contributed by atoms with Gasteiger partial charge in [-0.25, -0.2) is 9.67 Å². The highest BCUT2D eigenvalue weighted by molar-refractivity contribution is 7.13. The molecular formula is C7H8N6OS. The van der Waals surface area contributed by atoms with Crippen molar-refractivity contribution in [3.05, 3.63) is 16.1 Å². The maximum Gasteiger partial charge on any atom is 0.269 e. The second-order valence-corrected chi connectivity index (χ2v) is 4.06. The summed E-state index contributed by atoms with van der Waals surface area (Å²) in [5.74, 6) is 0.0598. The van der Waals surface area contributed by atoms with Crippen LogP contribution in [0, 0.1) is 6.92 Å². The maximum atomic E-state index is 11.6. The number of nitrogens with zero attached hydrogens (tertiary/aromatic N) is 5. The van der Waals surface area contributed by atoms with Gasteiger partial charge in [0.1, 0.15) is 4.88 Å². The molecule has 2 aromatic rings. The fourth-order valence-electron chi connectivity index (χ4n) is 0.965. The Balaban J connectivity index is 2.14. The van der Waals surface area contributed by atoms with Crippen molar-refractivity contribution in [1.82, 2.24) is 25.2 Å². The van der Waals surface area contributed by atoms with Crippen LogP contribution < -0.4 is 5.32 Å². The highest BCUT2D eigenvalue weighted by atomic mass is 32.1. The van der Waals surface area contributed by atoms with E-state index in [1.165, 1.54) is 22.2 Å². The van der Waals surface area contributed by atoms with E-state index in [9.17, 15) is 4.79 Å². The number of hydrogen-bond donors (Lipinski definition) is 1. The number of tetrazole rings is 1. The van der Waals surface area contributed by atoms with Gasteiger partial charge in [0, 0.05) is 7.05 Å². The lowest BCUT2D eigenvalue weighted by Crippen LogP contribution is -2.14. The maximum absolute atomic E-state index is 11.6. The van der Waals surface area contributed by atoms with E-state index in [0.717, 1.165) is 5.01 Å². The first kappa shape index (κ1) is 9.71. The first-order valence-electron chi connectivity index (χ1n) is 4.13. The lowest BCUT2D eigenvalue weighted by molar-refractivity contribution is 0.102. The van der Waals surface area contributed by atoms with Gasteiger partial charge in [-0.05, 0) is 17.4 Å². The third-order valence-electron chi connectivity index (χ3n) is 1.69. The van der Waals surface area contributed by atoms with Crippen molar-refractivity contribution in [2.75, 3.05) is 5.32 Å². The highest BCUT2D eigenvalue weighted by Gasteiger charge is 2.12. The van der Waals surface area contributed by atoms with Crippen LogP contribution in [0.2, 0.25) is 0 Å². The van der Waals surface area contributed by atoms with Crippen LogP contribution in [0.4, 0.5) is 5.95 Å². The summed E-state index contributed by atoms with van der Waals surface area (Å²) >= 11 is 1.32. The van der Waals surface area contributed by atoms with Gasteiger partial charge in [-0.2, -0.15) is 0 Å². The number of rotatable bonds is 2. The zero-order valence-corrected chi connectivity index (χ0v) is 8.95. The Morgan fingerprint density at radius 1 is 1.60 bits per heavy atom. The molecular weight excluding hydrogens is 216 g/mol. The molecule has 7 nitrogen and oxygen atoms in total. The summed E-state index contributed by atoms with van der Waals surface area (Å²) < 4.78 is 1.38. The van der Waals surface area contributed by atoms with E-state index < -0.39 is 0 Å². The number of nitrogens with one attached hydrogen (secondary N) is 1. The van der Waals surface area contributed by atoms with Gasteiger partial charge in [-0.15, -0.1) is 11.3 Å². The molecule has 1 N–H and O–H groups in total. The second kappa shape index (κ2) is 3.73. The predicted molar refractivity (Wildman–Crippen MR) is 53.6 cm³/mol. The van der Waals surface area contributed by atoms with E-state index in [1.807, 2.05) is 6.92 Å². The van der Waals surface area contributed by atoms with Crippen molar-refractivity contribution in [3.63, 3.8) is 0 Å². The van der Waals surface area contributed by atoms with Crippen LogP contribution in [0.5, 0.6) is 0 Å². The number of amides is 1. The lowest BCUT2D eigenvalue weighted by Gasteiger charge is -1.98. The summed E-state index contributed by atoms with van der Waals surface area (Å²) in [4.78, 5) is 16.2. The minimum Gasteiger partial charge on any atom is -0.288 e. The Morgan fingerprint density at radius 2 is 2.40 bits per heavy atom. The van der Waals surface area contributed by atoms with Gasteiger partial charge in [-0.3, -0.25) is 10.1 Å². The molecule has 0 atom stereocenters. The van der Waals surface area contributed by atoms with Crippen molar-refractivity contribution in [1.29, 1.82) is 0 Å². The highest BCUT2D eigenvalue weighted by Crippen LogP contribution is 2.12. The monoisotopic (exact) mass is 224 g/mol. The average molecular weight is 224 g/mol. The molecule has 78 valence electrons. The molecule has 0 unspecified atom stereocenters. The molecule has 2 rings (SSSR count). The molecule has 0 aromatic carbocycles. The summed E-state index contributed by atoms with van der Waals surface area (Å²) in [6.45, 7) is 1.84. The zero-order chi connectivity index (χ0) is 10.8. The van der Waals surface area contributed by atoms with E-state index in [4.69, 9.17) is 0 Å². The number of aryl methyl sites for hydroxylation is 2. The molecule has 0 fully saturated rings. The molecule has 0 aliphatic heterocycles. The summed E-state index contributed by atoms with van der Waals surface area (Å²) in [5, 5.41) is 14.1. The van der Waals surface area contributed by atoms with Crippen LogP contribution in [-0.4, -0.2) is 31.1 Å². The topological polar surface area (TPSA) is 85.6 Å². The van der Waals surface area contributed by atoms with Gasteiger partial charge in [0.05, 0.1) is 11.2 Å². The third-order valence-corrected chi connectivity index (χ3v) is 2.60. The van der Waals surface area contributed by atoms with Crippen LogP contribution in [0.3, 0.4) is 0 Å². The molecule has 0 saturated carbocycles. The van der Waals surface area contributed by atoms with Crippen molar-refractivity contribution < 1.29 is 4.79 Å². The summed E-state index contributed by atoms with van der Waals surface area (Å²) in [6, 6.07) is 0. The minimum absolute atomic E-state index is 0.251. The smallest absolute Gasteiger partial charge is 0.269 e. The standard InChI is InChI=1S/C7H8N6OS/c1-4-8-3-5(15-4)6(14)9-7-10-11-12-13(7)2/h3H,1-2H3,(H,9,10,12,14). The minimum atomic E-state index is -0.251. The van der Waals surface area contributed by atoms with Gasteiger partial charge in [-0.1, -0.05) is 5.10 Å². The first-order chi connectivity index (χ1) is 7.16. The average Bonchev–Trinajstić information content (AvgIpc) is 2.77. The second-order valence-electron chi connectivity index (χ2n) is 2.82. The summed E-state index contributed by atoms with van der Waals surface area (Å²) in [5.41, 5.74) is 0. The van der Waals surface area contributed by atoms with Crippen molar-refractivity contribution >= 4 is 23.2 Å². The normalized spacial score (nSPS) is 10.3. The molecule has 0 bridgehead atoms. The molecule has 0 radical (unpaired) electrons. The van der Waals surface area contributed by atoms with Crippen molar-refractivity contribution in [3.8, 4) is 0 Å². The van der Waals surface area contributed by atoms with Crippen LogP contribution >= 0.6 is 11.3 Å².